The molecule has 4 rings (SSSR count). The minimum absolute atomic E-state index is 0.174. The molecule has 1 amide bonds. The van der Waals surface area contributed by atoms with Gasteiger partial charge in [0.25, 0.3) is 5.91 Å². The summed E-state index contributed by atoms with van der Waals surface area (Å²) in [5.41, 5.74) is 4.47. The van der Waals surface area contributed by atoms with Crippen LogP contribution in [0.3, 0.4) is 0 Å². The standard InChI is InChI=1S/C26H22BrNO3/c1-16-4-6-17(7-5-16)22-13-19(26(29)28-21-10-8-20(27)9-11-21)12-18-14-24(30-2)25(31-3)15-23(18)22/h4-15H,1-3H3,(H,28,29). The summed E-state index contributed by atoms with van der Waals surface area (Å²) in [6.45, 7) is 2.05. The maximum Gasteiger partial charge on any atom is 0.255 e. The summed E-state index contributed by atoms with van der Waals surface area (Å²) in [6.07, 6.45) is 0. The third-order valence-electron chi connectivity index (χ3n) is 5.18. The van der Waals surface area contributed by atoms with Crippen LogP contribution in [-0.2, 0) is 0 Å². The van der Waals surface area contributed by atoms with Crippen molar-refractivity contribution in [3.8, 4) is 22.6 Å². The number of halogens is 1. The van der Waals surface area contributed by atoms with Gasteiger partial charge in [0.05, 0.1) is 14.2 Å². The van der Waals surface area contributed by atoms with Crippen molar-refractivity contribution >= 4 is 38.3 Å². The second kappa shape index (κ2) is 8.82. The summed E-state index contributed by atoms with van der Waals surface area (Å²) in [5, 5.41) is 4.86. The maximum absolute atomic E-state index is 13.1. The molecule has 0 aliphatic rings. The van der Waals surface area contributed by atoms with Gasteiger partial charge < -0.3 is 14.8 Å². The first-order chi connectivity index (χ1) is 15.0. The number of nitrogens with one attached hydrogen (secondary N) is 1. The average molecular weight is 476 g/mol. The highest BCUT2D eigenvalue weighted by Crippen LogP contribution is 2.38. The van der Waals surface area contributed by atoms with Crippen molar-refractivity contribution in [1.82, 2.24) is 0 Å². The first kappa shape index (κ1) is 20.9. The van der Waals surface area contributed by atoms with Gasteiger partial charge in [-0.15, -0.1) is 0 Å². The Bertz CT molecular complexity index is 1250. The molecule has 0 atom stereocenters. The minimum Gasteiger partial charge on any atom is -0.493 e. The molecule has 0 aromatic heterocycles. The number of benzene rings is 4. The number of carbonyl (C=O) groups excluding carboxylic acids is 1. The molecule has 156 valence electrons. The lowest BCUT2D eigenvalue weighted by Crippen LogP contribution is -2.12. The molecule has 4 aromatic rings. The van der Waals surface area contributed by atoms with E-state index in [-0.39, 0.29) is 5.91 Å². The first-order valence-electron chi connectivity index (χ1n) is 9.82. The number of carbonyl (C=O) groups is 1. The van der Waals surface area contributed by atoms with Crippen molar-refractivity contribution in [2.45, 2.75) is 6.92 Å². The lowest BCUT2D eigenvalue weighted by atomic mass is 9.94. The van der Waals surface area contributed by atoms with Crippen LogP contribution in [0.4, 0.5) is 5.69 Å². The van der Waals surface area contributed by atoms with Crippen LogP contribution in [0, 0.1) is 6.92 Å². The lowest BCUT2D eigenvalue weighted by Gasteiger charge is -2.15. The van der Waals surface area contributed by atoms with Crippen molar-refractivity contribution in [3.63, 3.8) is 0 Å². The second-order valence-corrected chi connectivity index (χ2v) is 8.19. The number of rotatable bonds is 5. The van der Waals surface area contributed by atoms with Crippen LogP contribution < -0.4 is 14.8 Å². The molecular weight excluding hydrogens is 454 g/mol. The van der Waals surface area contributed by atoms with E-state index in [4.69, 9.17) is 9.47 Å². The van der Waals surface area contributed by atoms with Crippen molar-refractivity contribution in [1.29, 1.82) is 0 Å². The number of aryl methyl sites for hydroxylation is 1. The number of methoxy groups -OCH3 is 2. The molecule has 0 aliphatic carbocycles. The number of hydrogen-bond acceptors (Lipinski definition) is 3. The molecule has 0 bridgehead atoms. The van der Waals surface area contributed by atoms with Gasteiger partial charge in [0.15, 0.2) is 11.5 Å². The molecule has 0 heterocycles. The highest BCUT2D eigenvalue weighted by atomic mass is 79.9. The van der Waals surface area contributed by atoms with Crippen LogP contribution in [0.15, 0.2) is 77.3 Å². The molecule has 0 fully saturated rings. The molecule has 5 heteroatoms. The van der Waals surface area contributed by atoms with Gasteiger partial charge in [-0.25, -0.2) is 0 Å². The summed E-state index contributed by atoms with van der Waals surface area (Å²) < 4.78 is 12.0. The molecule has 0 saturated heterocycles. The Kier molecular flexibility index (Phi) is 5.96. The van der Waals surface area contributed by atoms with E-state index in [0.717, 1.165) is 32.1 Å². The molecule has 31 heavy (non-hydrogen) atoms. The zero-order valence-electron chi connectivity index (χ0n) is 17.5. The van der Waals surface area contributed by atoms with Crippen LogP contribution >= 0.6 is 15.9 Å². The smallest absolute Gasteiger partial charge is 0.255 e. The van der Waals surface area contributed by atoms with Gasteiger partial charge in [0.2, 0.25) is 0 Å². The molecule has 0 aliphatic heterocycles. The van der Waals surface area contributed by atoms with Crippen LogP contribution in [0.5, 0.6) is 11.5 Å². The normalized spacial score (nSPS) is 10.7. The summed E-state index contributed by atoms with van der Waals surface area (Å²) >= 11 is 3.41. The number of hydrogen-bond donors (Lipinski definition) is 1. The van der Waals surface area contributed by atoms with Gasteiger partial charge >= 0.3 is 0 Å². The highest BCUT2D eigenvalue weighted by molar-refractivity contribution is 9.10. The molecule has 4 nitrogen and oxygen atoms in total. The Morgan fingerprint density at radius 2 is 1.48 bits per heavy atom. The summed E-state index contributed by atoms with van der Waals surface area (Å²) in [5.74, 6) is 1.10. The second-order valence-electron chi connectivity index (χ2n) is 7.28. The van der Waals surface area contributed by atoms with Crippen LogP contribution in [0.2, 0.25) is 0 Å². The number of amides is 1. The minimum atomic E-state index is -0.174. The van der Waals surface area contributed by atoms with Crippen molar-refractivity contribution in [3.05, 3.63) is 88.4 Å². The number of anilines is 1. The SMILES string of the molecule is COc1cc2cc(C(=O)Nc3ccc(Br)cc3)cc(-c3ccc(C)cc3)c2cc1OC. The van der Waals surface area contributed by atoms with Gasteiger partial charge in [0, 0.05) is 15.7 Å². The molecular formula is C26H22BrNO3. The predicted octanol–water partition coefficient (Wildman–Crippen LogP) is 6.85. The molecule has 4 aromatic carbocycles. The quantitative estimate of drug-likeness (QED) is 0.343. The van der Waals surface area contributed by atoms with Crippen LogP contribution in [-0.4, -0.2) is 20.1 Å². The number of fused-ring (bicyclic) bond motifs is 1. The van der Waals surface area contributed by atoms with E-state index < -0.39 is 0 Å². The Labute approximate surface area is 189 Å². The third-order valence-corrected chi connectivity index (χ3v) is 5.71. The van der Waals surface area contributed by atoms with Crippen molar-refractivity contribution in [2.24, 2.45) is 0 Å². The van der Waals surface area contributed by atoms with E-state index >= 15 is 0 Å². The van der Waals surface area contributed by atoms with E-state index in [2.05, 4.69) is 52.4 Å². The maximum atomic E-state index is 13.1. The number of ether oxygens (including phenoxy) is 2. The molecule has 1 N–H and O–H groups in total. The average Bonchev–Trinajstić information content (AvgIpc) is 2.79. The van der Waals surface area contributed by atoms with Gasteiger partial charge in [-0.05, 0) is 77.4 Å². The summed E-state index contributed by atoms with van der Waals surface area (Å²) in [7, 11) is 3.23. The largest absolute Gasteiger partial charge is 0.493 e. The van der Waals surface area contributed by atoms with E-state index in [9.17, 15) is 4.79 Å². The molecule has 0 unspecified atom stereocenters. The van der Waals surface area contributed by atoms with Gasteiger partial charge in [-0.1, -0.05) is 45.8 Å². The van der Waals surface area contributed by atoms with E-state index in [1.807, 2.05) is 48.5 Å². The molecule has 0 radical (unpaired) electrons. The lowest BCUT2D eigenvalue weighted by molar-refractivity contribution is 0.102. The van der Waals surface area contributed by atoms with Gasteiger partial charge in [0.1, 0.15) is 0 Å². The van der Waals surface area contributed by atoms with Crippen LogP contribution in [0.1, 0.15) is 15.9 Å². The Hall–Kier alpha value is -3.31. The van der Waals surface area contributed by atoms with Crippen molar-refractivity contribution < 1.29 is 14.3 Å². The topological polar surface area (TPSA) is 47.6 Å². The zero-order valence-corrected chi connectivity index (χ0v) is 19.1. The molecule has 0 spiro atoms. The van der Waals surface area contributed by atoms with E-state index in [1.54, 1.807) is 14.2 Å². The van der Waals surface area contributed by atoms with E-state index in [1.165, 1.54) is 5.56 Å². The Balaban J connectivity index is 1.86. The van der Waals surface area contributed by atoms with Crippen molar-refractivity contribution in [2.75, 3.05) is 19.5 Å². The fourth-order valence-electron chi connectivity index (χ4n) is 3.53. The van der Waals surface area contributed by atoms with Gasteiger partial charge in [-0.2, -0.15) is 0 Å². The summed E-state index contributed by atoms with van der Waals surface area (Å²) in [4.78, 5) is 13.1. The fourth-order valence-corrected chi connectivity index (χ4v) is 3.79. The van der Waals surface area contributed by atoms with E-state index in [0.29, 0.717) is 17.1 Å². The first-order valence-corrected chi connectivity index (χ1v) is 10.6. The fraction of sp³-hybridized carbons (Fsp3) is 0.115. The highest BCUT2D eigenvalue weighted by Gasteiger charge is 2.15. The summed E-state index contributed by atoms with van der Waals surface area (Å²) in [6, 6.07) is 23.4. The molecule has 0 saturated carbocycles. The Morgan fingerprint density at radius 3 is 2.13 bits per heavy atom. The third kappa shape index (κ3) is 4.42. The van der Waals surface area contributed by atoms with Gasteiger partial charge in [-0.3, -0.25) is 4.79 Å². The predicted molar refractivity (Wildman–Crippen MR) is 129 cm³/mol. The Morgan fingerprint density at radius 1 is 0.839 bits per heavy atom. The zero-order chi connectivity index (χ0) is 22.0. The van der Waals surface area contributed by atoms with Crippen LogP contribution in [0.25, 0.3) is 21.9 Å². The monoisotopic (exact) mass is 475 g/mol.